The molecule has 2 aromatic rings. The minimum absolute atomic E-state index is 0.0602. The molecule has 1 heterocycles. The highest BCUT2D eigenvalue weighted by Gasteiger charge is 2.15. The van der Waals surface area contributed by atoms with Crippen LogP contribution in [0.1, 0.15) is 23.6 Å². The summed E-state index contributed by atoms with van der Waals surface area (Å²) in [5, 5.41) is 4.07. The summed E-state index contributed by atoms with van der Waals surface area (Å²) in [6.07, 6.45) is 4.83. The number of hydrogen-bond acceptors (Lipinski definition) is 3. The molecular weight excluding hydrogens is 226 g/mol. The van der Waals surface area contributed by atoms with Crippen molar-refractivity contribution >= 4 is 5.78 Å². The normalized spacial score (nSPS) is 12.3. The molecule has 1 unspecified atom stereocenters. The first-order valence-electron chi connectivity index (χ1n) is 5.97. The summed E-state index contributed by atoms with van der Waals surface area (Å²) < 4.78 is 1.73. The zero-order valence-corrected chi connectivity index (χ0v) is 10.4. The van der Waals surface area contributed by atoms with E-state index in [1.54, 1.807) is 10.9 Å². The number of rotatable bonds is 5. The van der Waals surface area contributed by atoms with Gasteiger partial charge in [-0.15, -0.1) is 0 Å². The first-order valence-corrected chi connectivity index (χ1v) is 5.97. The Bertz CT molecular complexity index is 519. The van der Waals surface area contributed by atoms with Gasteiger partial charge in [0, 0.05) is 19.7 Å². The van der Waals surface area contributed by atoms with Gasteiger partial charge in [-0.05, 0) is 17.5 Å². The third-order valence-corrected chi connectivity index (χ3v) is 2.92. The molecule has 0 radical (unpaired) electrons. The number of benzene rings is 1. The maximum atomic E-state index is 12.0. The van der Waals surface area contributed by atoms with Crippen molar-refractivity contribution in [1.29, 1.82) is 0 Å². The van der Waals surface area contributed by atoms with Crippen LogP contribution < -0.4 is 5.73 Å². The summed E-state index contributed by atoms with van der Waals surface area (Å²) in [6.45, 7) is 0. The molecule has 1 atom stereocenters. The average Bonchev–Trinajstić information content (AvgIpc) is 2.82. The van der Waals surface area contributed by atoms with Crippen molar-refractivity contribution in [2.24, 2.45) is 12.8 Å². The van der Waals surface area contributed by atoms with E-state index in [-0.39, 0.29) is 5.78 Å². The number of aryl methyl sites for hydroxylation is 2. The molecule has 0 aliphatic heterocycles. The number of carbonyl (C=O) groups excluding carboxylic acids is 1. The van der Waals surface area contributed by atoms with Crippen LogP contribution in [-0.2, 0) is 18.3 Å². The molecule has 0 saturated heterocycles. The van der Waals surface area contributed by atoms with Gasteiger partial charge in [-0.2, -0.15) is 5.10 Å². The van der Waals surface area contributed by atoms with Crippen LogP contribution in [0.5, 0.6) is 0 Å². The van der Waals surface area contributed by atoms with E-state index in [9.17, 15) is 4.79 Å². The molecular formula is C14H17N3O. The van der Waals surface area contributed by atoms with Crippen LogP contribution in [0.3, 0.4) is 0 Å². The van der Waals surface area contributed by atoms with Crippen LogP contribution in [0.25, 0.3) is 0 Å². The molecule has 0 amide bonds. The zero-order chi connectivity index (χ0) is 13.0. The monoisotopic (exact) mass is 243 g/mol. The molecule has 4 heteroatoms. The van der Waals surface area contributed by atoms with Crippen LogP contribution in [0.2, 0.25) is 0 Å². The number of nitrogens with two attached hydrogens (primary N) is 1. The highest BCUT2D eigenvalue weighted by Crippen LogP contribution is 2.13. The molecule has 1 aromatic heterocycles. The van der Waals surface area contributed by atoms with Gasteiger partial charge in [-0.25, -0.2) is 0 Å². The summed E-state index contributed by atoms with van der Waals surface area (Å²) in [5.74, 6) is 0.0602. The fourth-order valence-electron chi connectivity index (χ4n) is 1.87. The first kappa shape index (κ1) is 12.5. The summed E-state index contributed by atoms with van der Waals surface area (Å²) in [6, 6.07) is 8.94. The van der Waals surface area contributed by atoms with Crippen LogP contribution in [0.15, 0.2) is 42.7 Å². The predicted octanol–water partition coefficient (Wildman–Crippen LogP) is 1.62. The van der Waals surface area contributed by atoms with Crippen LogP contribution in [0.4, 0.5) is 0 Å². The topological polar surface area (TPSA) is 60.9 Å². The van der Waals surface area contributed by atoms with Gasteiger partial charge in [-0.1, -0.05) is 30.3 Å². The lowest BCUT2D eigenvalue weighted by Gasteiger charge is -2.10. The minimum atomic E-state index is -0.525. The summed E-state index contributed by atoms with van der Waals surface area (Å²) in [4.78, 5) is 12.0. The van der Waals surface area contributed by atoms with Gasteiger partial charge < -0.3 is 5.73 Å². The lowest BCUT2D eigenvalue weighted by molar-refractivity contribution is -0.120. The van der Waals surface area contributed by atoms with Gasteiger partial charge in [0.2, 0.25) is 0 Å². The van der Waals surface area contributed by atoms with Gasteiger partial charge in [0.15, 0.2) is 5.78 Å². The summed E-state index contributed by atoms with van der Waals surface area (Å²) in [5.41, 5.74) is 7.87. The Morgan fingerprint density at radius 2 is 2.11 bits per heavy atom. The Labute approximate surface area is 106 Å². The molecule has 1 aromatic carbocycles. The van der Waals surface area contributed by atoms with E-state index in [0.29, 0.717) is 12.8 Å². The van der Waals surface area contributed by atoms with Gasteiger partial charge in [0.1, 0.15) is 0 Å². The summed E-state index contributed by atoms with van der Waals surface area (Å²) in [7, 11) is 1.86. The number of nitrogens with zero attached hydrogens (tertiary/aromatic N) is 2. The maximum absolute atomic E-state index is 12.0. The summed E-state index contributed by atoms with van der Waals surface area (Å²) >= 11 is 0. The van der Waals surface area contributed by atoms with Crippen molar-refractivity contribution in [3.05, 3.63) is 53.9 Å². The lowest BCUT2D eigenvalue weighted by atomic mass is 9.99. The van der Waals surface area contributed by atoms with E-state index < -0.39 is 6.04 Å². The molecule has 2 rings (SSSR count). The molecule has 18 heavy (non-hydrogen) atoms. The minimum Gasteiger partial charge on any atom is -0.318 e. The van der Waals surface area contributed by atoms with Crippen molar-refractivity contribution in [1.82, 2.24) is 9.78 Å². The van der Waals surface area contributed by atoms with Crippen molar-refractivity contribution < 1.29 is 4.79 Å². The molecule has 94 valence electrons. The number of carbonyl (C=O) groups is 1. The van der Waals surface area contributed by atoms with E-state index in [4.69, 9.17) is 5.73 Å². The molecule has 4 nitrogen and oxygen atoms in total. The number of aromatic nitrogens is 2. The SMILES string of the molecule is Cn1cc(CCC(=O)C(N)c2ccccc2)cn1. The third-order valence-electron chi connectivity index (χ3n) is 2.92. The van der Waals surface area contributed by atoms with Crippen LogP contribution in [-0.4, -0.2) is 15.6 Å². The predicted molar refractivity (Wildman–Crippen MR) is 69.9 cm³/mol. The number of ketones is 1. The second kappa shape index (κ2) is 5.60. The van der Waals surface area contributed by atoms with Crippen molar-refractivity contribution in [2.45, 2.75) is 18.9 Å². The van der Waals surface area contributed by atoms with Gasteiger partial charge in [-0.3, -0.25) is 9.48 Å². The quantitative estimate of drug-likeness (QED) is 0.868. The smallest absolute Gasteiger partial charge is 0.154 e. The average molecular weight is 243 g/mol. The van der Waals surface area contributed by atoms with Gasteiger partial charge in [0.25, 0.3) is 0 Å². The fraction of sp³-hybridized carbons (Fsp3) is 0.286. The Kier molecular flexibility index (Phi) is 3.89. The Balaban J connectivity index is 1.92. The number of hydrogen-bond donors (Lipinski definition) is 1. The van der Waals surface area contributed by atoms with Crippen LogP contribution >= 0.6 is 0 Å². The lowest BCUT2D eigenvalue weighted by Crippen LogP contribution is -2.21. The van der Waals surface area contributed by atoms with Crippen molar-refractivity contribution in [3.8, 4) is 0 Å². The van der Waals surface area contributed by atoms with E-state index in [1.165, 1.54) is 0 Å². The highest BCUT2D eigenvalue weighted by atomic mass is 16.1. The zero-order valence-electron chi connectivity index (χ0n) is 10.4. The van der Waals surface area contributed by atoms with Crippen molar-refractivity contribution in [3.63, 3.8) is 0 Å². The largest absolute Gasteiger partial charge is 0.318 e. The van der Waals surface area contributed by atoms with E-state index in [0.717, 1.165) is 11.1 Å². The Hall–Kier alpha value is -1.94. The van der Waals surface area contributed by atoms with Crippen LogP contribution in [0, 0.1) is 0 Å². The highest BCUT2D eigenvalue weighted by molar-refractivity contribution is 5.85. The third kappa shape index (κ3) is 3.05. The van der Waals surface area contributed by atoms with E-state index >= 15 is 0 Å². The van der Waals surface area contributed by atoms with Gasteiger partial charge in [0.05, 0.1) is 12.2 Å². The second-order valence-corrected chi connectivity index (χ2v) is 4.38. The number of Topliss-reactive ketones (excluding diaryl/α,β-unsaturated/α-hetero) is 1. The maximum Gasteiger partial charge on any atom is 0.154 e. The van der Waals surface area contributed by atoms with E-state index in [1.807, 2.05) is 43.6 Å². The van der Waals surface area contributed by atoms with Gasteiger partial charge >= 0.3 is 0 Å². The van der Waals surface area contributed by atoms with E-state index in [2.05, 4.69) is 5.10 Å². The standard InChI is InChI=1S/C14H17N3O/c1-17-10-11(9-16-17)7-8-13(18)14(15)12-5-3-2-4-6-12/h2-6,9-10,14H,7-8,15H2,1H3. The molecule has 0 fully saturated rings. The Morgan fingerprint density at radius 1 is 1.39 bits per heavy atom. The second-order valence-electron chi connectivity index (χ2n) is 4.38. The Morgan fingerprint density at radius 3 is 2.72 bits per heavy atom. The fourth-order valence-corrected chi connectivity index (χ4v) is 1.87. The molecule has 2 N–H and O–H groups in total. The molecule has 0 spiro atoms. The van der Waals surface area contributed by atoms with Crippen molar-refractivity contribution in [2.75, 3.05) is 0 Å². The molecule has 0 bridgehead atoms. The first-order chi connectivity index (χ1) is 8.66. The molecule has 0 aliphatic rings. The molecule has 0 aliphatic carbocycles. The molecule has 0 saturated carbocycles.